The molecule has 2 atom stereocenters. The third-order valence-electron chi connectivity index (χ3n) is 7.99. The van der Waals surface area contributed by atoms with Gasteiger partial charge in [0.2, 0.25) is 0 Å². The summed E-state index contributed by atoms with van der Waals surface area (Å²) >= 11 is 12.3. The van der Waals surface area contributed by atoms with Crippen molar-refractivity contribution in [3.63, 3.8) is 0 Å². The Morgan fingerprint density at radius 2 is 1.49 bits per heavy atom. The minimum absolute atomic E-state index is 0.128. The van der Waals surface area contributed by atoms with Crippen molar-refractivity contribution in [2.45, 2.75) is 68.3 Å². The number of rotatable bonds is 6. The van der Waals surface area contributed by atoms with Crippen LogP contribution in [-0.4, -0.2) is 38.5 Å². The fourth-order valence-electron chi connectivity index (χ4n) is 6.08. The maximum atomic E-state index is 14.0. The van der Waals surface area contributed by atoms with Crippen LogP contribution < -0.4 is 4.31 Å². The summed E-state index contributed by atoms with van der Waals surface area (Å²) in [7, 11) is -3.83. The van der Waals surface area contributed by atoms with Crippen molar-refractivity contribution in [2.24, 2.45) is 0 Å². The van der Waals surface area contributed by atoms with Crippen LogP contribution in [0.3, 0.4) is 0 Å². The molecule has 2 fully saturated rings. The van der Waals surface area contributed by atoms with Gasteiger partial charge in [0.25, 0.3) is 10.0 Å². The highest BCUT2D eigenvalue weighted by Crippen LogP contribution is 2.39. The van der Waals surface area contributed by atoms with Crippen molar-refractivity contribution < 1.29 is 8.42 Å². The molecular formula is C30H34Cl2N2O2S. The van der Waals surface area contributed by atoms with E-state index in [2.05, 4.69) is 35.2 Å². The Labute approximate surface area is 231 Å². The highest BCUT2D eigenvalue weighted by atomic mass is 35.5. The number of sulfonamides is 1. The van der Waals surface area contributed by atoms with E-state index in [4.69, 9.17) is 23.2 Å². The first-order chi connectivity index (χ1) is 17.8. The minimum atomic E-state index is -3.83. The molecule has 1 saturated heterocycles. The summed E-state index contributed by atoms with van der Waals surface area (Å²) in [5.41, 5.74) is 3.21. The SMILES string of the molecule is Cc1ccc(N(C2CCN([C@@H]3CCCC[C@@H]3c3ccccc3)CC2)S(=O)(=O)c2ccc(Cl)c(Cl)c2)cc1. The topological polar surface area (TPSA) is 40.6 Å². The minimum Gasteiger partial charge on any atom is -0.300 e. The van der Waals surface area contributed by atoms with E-state index >= 15 is 0 Å². The van der Waals surface area contributed by atoms with Gasteiger partial charge in [-0.3, -0.25) is 9.21 Å². The van der Waals surface area contributed by atoms with Gasteiger partial charge in [-0.1, -0.05) is 84.1 Å². The van der Waals surface area contributed by atoms with Crippen molar-refractivity contribution in [2.75, 3.05) is 17.4 Å². The first kappa shape index (κ1) is 26.6. The molecule has 1 heterocycles. The second-order valence-corrected chi connectivity index (χ2v) is 13.0. The second kappa shape index (κ2) is 11.4. The Balaban J connectivity index is 1.40. The molecule has 0 radical (unpaired) electrons. The highest BCUT2D eigenvalue weighted by Gasteiger charge is 2.38. The molecule has 0 unspecified atom stereocenters. The first-order valence-corrected chi connectivity index (χ1v) is 15.4. The molecule has 0 N–H and O–H groups in total. The van der Waals surface area contributed by atoms with Crippen LogP contribution in [0.5, 0.6) is 0 Å². The lowest BCUT2D eigenvalue weighted by Crippen LogP contribution is -2.51. The second-order valence-electron chi connectivity index (χ2n) is 10.3. The molecule has 5 rings (SSSR count). The predicted octanol–water partition coefficient (Wildman–Crippen LogP) is 7.69. The lowest BCUT2D eigenvalue weighted by Gasteiger charge is -2.45. The van der Waals surface area contributed by atoms with Crippen molar-refractivity contribution in [1.82, 2.24) is 4.90 Å². The summed E-state index contributed by atoms with van der Waals surface area (Å²) in [5, 5.41) is 0.585. The molecule has 0 amide bonds. The zero-order valence-corrected chi connectivity index (χ0v) is 23.5. The van der Waals surface area contributed by atoms with Gasteiger partial charge in [0.05, 0.1) is 20.6 Å². The van der Waals surface area contributed by atoms with E-state index < -0.39 is 10.0 Å². The molecule has 0 aromatic heterocycles. The smallest absolute Gasteiger partial charge is 0.264 e. The van der Waals surface area contributed by atoms with Gasteiger partial charge in [0.15, 0.2) is 0 Å². The Bertz CT molecular complexity index is 1310. The van der Waals surface area contributed by atoms with Crippen LogP contribution in [0.1, 0.15) is 55.6 Å². The fraction of sp³-hybridized carbons (Fsp3) is 0.400. The molecule has 1 aliphatic heterocycles. The molecule has 1 saturated carbocycles. The number of piperidine rings is 1. The number of anilines is 1. The molecule has 3 aromatic carbocycles. The maximum Gasteiger partial charge on any atom is 0.264 e. The molecule has 0 spiro atoms. The van der Waals surface area contributed by atoms with Gasteiger partial charge in [-0.2, -0.15) is 0 Å². The summed E-state index contributed by atoms with van der Waals surface area (Å²) in [6.07, 6.45) is 6.52. The van der Waals surface area contributed by atoms with Crippen LogP contribution in [0.2, 0.25) is 10.0 Å². The van der Waals surface area contributed by atoms with Crippen LogP contribution >= 0.6 is 23.2 Å². The van der Waals surface area contributed by atoms with Crippen LogP contribution in [0, 0.1) is 6.92 Å². The van der Waals surface area contributed by atoms with Crippen LogP contribution in [-0.2, 0) is 10.0 Å². The maximum absolute atomic E-state index is 14.0. The lowest BCUT2D eigenvalue weighted by molar-refractivity contribution is 0.107. The molecule has 4 nitrogen and oxygen atoms in total. The molecule has 7 heteroatoms. The van der Waals surface area contributed by atoms with E-state index in [9.17, 15) is 8.42 Å². The van der Waals surface area contributed by atoms with E-state index in [1.54, 1.807) is 16.4 Å². The predicted molar refractivity (Wildman–Crippen MR) is 153 cm³/mol. The fourth-order valence-corrected chi connectivity index (χ4v) is 8.18. The van der Waals surface area contributed by atoms with E-state index in [0.717, 1.165) is 31.5 Å². The number of nitrogens with zero attached hydrogens (tertiary/aromatic N) is 2. The number of halogens is 2. The Kier molecular flexibility index (Phi) is 8.16. The highest BCUT2D eigenvalue weighted by molar-refractivity contribution is 7.92. The molecular weight excluding hydrogens is 523 g/mol. The van der Waals surface area contributed by atoms with Gasteiger partial charge in [0.1, 0.15) is 0 Å². The summed E-state index contributed by atoms with van der Waals surface area (Å²) < 4.78 is 29.6. The van der Waals surface area contributed by atoms with Crippen LogP contribution in [0.15, 0.2) is 77.7 Å². The van der Waals surface area contributed by atoms with Gasteiger partial charge < -0.3 is 0 Å². The summed E-state index contributed by atoms with van der Waals surface area (Å²) in [6.45, 7) is 3.78. The quantitative estimate of drug-likeness (QED) is 0.312. The average Bonchev–Trinajstić information content (AvgIpc) is 2.92. The molecule has 37 heavy (non-hydrogen) atoms. The van der Waals surface area contributed by atoms with Gasteiger partial charge in [-0.25, -0.2) is 8.42 Å². The van der Waals surface area contributed by atoms with Crippen molar-refractivity contribution in [1.29, 1.82) is 0 Å². The Morgan fingerprint density at radius 1 is 0.811 bits per heavy atom. The van der Waals surface area contributed by atoms with Gasteiger partial charge in [0, 0.05) is 25.2 Å². The van der Waals surface area contributed by atoms with Crippen molar-refractivity contribution >= 4 is 38.9 Å². The van der Waals surface area contributed by atoms with Gasteiger partial charge in [-0.05, 0) is 74.4 Å². The van der Waals surface area contributed by atoms with Gasteiger partial charge in [-0.15, -0.1) is 0 Å². The van der Waals surface area contributed by atoms with E-state index in [0.29, 0.717) is 22.7 Å². The standard InChI is InChI=1S/C30H34Cl2N2O2S/c1-22-11-13-24(14-12-22)34(37(35,36)26-15-16-28(31)29(32)21-26)25-17-19-33(20-18-25)30-10-6-5-9-27(30)23-7-3-2-4-8-23/h2-4,7-8,11-16,21,25,27,30H,5-6,9-10,17-20H2,1H3/t27-,30-/m1/s1. The zero-order chi connectivity index (χ0) is 26.0. The van der Waals surface area contributed by atoms with Crippen molar-refractivity contribution in [3.05, 3.63) is 94.0 Å². The third kappa shape index (κ3) is 5.70. The summed E-state index contributed by atoms with van der Waals surface area (Å²) in [5.74, 6) is 0.541. The number of hydrogen-bond acceptors (Lipinski definition) is 3. The molecule has 196 valence electrons. The Morgan fingerprint density at radius 3 is 2.16 bits per heavy atom. The normalized spacial score (nSPS) is 21.6. The van der Waals surface area contributed by atoms with Crippen molar-refractivity contribution in [3.8, 4) is 0 Å². The average molecular weight is 558 g/mol. The summed E-state index contributed by atoms with van der Waals surface area (Å²) in [6, 6.07) is 23.6. The Hall–Kier alpha value is -2.05. The number of aryl methyl sites for hydroxylation is 1. The number of hydrogen-bond donors (Lipinski definition) is 0. The molecule has 2 aliphatic rings. The third-order valence-corrected chi connectivity index (χ3v) is 10.6. The first-order valence-electron chi connectivity index (χ1n) is 13.2. The number of benzene rings is 3. The molecule has 3 aromatic rings. The largest absolute Gasteiger partial charge is 0.300 e. The van der Waals surface area contributed by atoms with Crippen LogP contribution in [0.25, 0.3) is 0 Å². The van der Waals surface area contributed by atoms with Crippen LogP contribution in [0.4, 0.5) is 5.69 Å². The lowest BCUT2D eigenvalue weighted by atomic mass is 9.78. The van der Waals surface area contributed by atoms with E-state index in [1.165, 1.54) is 37.3 Å². The molecule has 0 bridgehead atoms. The van der Waals surface area contributed by atoms with E-state index in [-0.39, 0.29) is 16.0 Å². The molecule has 1 aliphatic carbocycles. The summed E-state index contributed by atoms with van der Waals surface area (Å²) in [4.78, 5) is 2.79. The monoisotopic (exact) mass is 556 g/mol. The van der Waals surface area contributed by atoms with E-state index in [1.807, 2.05) is 31.2 Å². The number of likely N-dealkylation sites (tertiary alicyclic amines) is 1. The zero-order valence-electron chi connectivity index (χ0n) is 21.2. The van der Waals surface area contributed by atoms with Gasteiger partial charge >= 0.3 is 0 Å².